The van der Waals surface area contributed by atoms with Crippen LogP contribution >= 0.6 is 0 Å². The molecule has 1 aliphatic heterocycles. The summed E-state index contributed by atoms with van der Waals surface area (Å²) in [6, 6.07) is 3.79. The molecule has 1 fully saturated rings. The molecule has 1 saturated carbocycles. The van der Waals surface area contributed by atoms with Crippen LogP contribution in [0, 0.1) is 0 Å². The van der Waals surface area contributed by atoms with Crippen LogP contribution in [0.2, 0.25) is 0 Å². The van der Waals surface area contributed by atoms with Gasteiger partial charge in [-0.2, -0.15) is 0 Å². The van der Waals surface area contributed by atoms with Gasteiger partial charge in [-0.1, -0.05) is 19.3 Å². The third-order valence-electron chi connectivity index (χ3n) is 3.83. The lowest BCUT2D eigenvalue weighted by atomic mass is 9.98. The zero-order chi connectivity index (χ0) is 13.1. The van der Waals surface area contributed by atoms with Crippen molar-refractivity contribution in [2.75, 3.05) is 18.9 Å². The topological polar surface area (TPSA) is 53.7 Å². The van der Waals surface area contributed by atoms with Crippen LogP contribution in [0.4, 0.5) is 5.69 Å². The Labute approximate surface area is 113 Å². The molecular formula is C15H21NO3. The Morgan fingerprint density at radius 2 is 1.74 bits per heavy atom. The summed E-state index contributed by atoms with van der Waals surface area (Å²) in [4.78, 5) is 0. The maximum atomic E-state index is 6.04. The van der Waals surface area contributed by atoms with Gasteiger partial charge in [0.05, 0.1) is 12.7 Å². The van der Waals surface area contributed by atoms with Crippen LogP contribution < -0.4 is 15.2 Å². The summed E-state index contributed by atoms with van der Waals surface area (Å²) >= 11 is 0. The van der Waals surface area contributed by atoms with Crippen molar-refractivity contribution in [2.24, 2.45) is 0 Å². The number of benzene rings is 1. The number of nitrogens with two attached hydrogens (primary N) is 1. The molecule has 0 amide bonds. The zero-order valence-corrected chi connectivity index (χ0v) is 11.2. The van der Waals surface area contributed by atoms with E-state index in [-0.39, 0.29) is 0 Å². The normalized spacial score (nSPS) is 19.4. The van der Waals surface area contributed by atoms with Crippen molar-refractivity contribution in [3.05, 3.63) is 17.7 Å². The van der Waals surface area contributed by atoms with Crippen molar-refractivity contribution in [2.45, 2.75) is 44.8 Å². The van der Waals surface area contributed by atoms with E-state index in [1.165, 1.54) is 32.1 Å². The summed E-state index contributed by atoms with van der Waals surface area (Å²) in [6.07, 6.45) is 6.63. The quantitative estimate of drug-likeness (QED) is 0.852. The molecule has 104 valence electrons. The van der Waals surface area contributed by atoms with Gasteiger partial charge in [0.1, 0.15) is 13.2 Å². The van der Waals surface area contributed by atoms with Gasteiger partial charge < -0.3 is 19.9 Å². The van der Waals surface area contributed by atoms with Crippen LogP contribution in [-0.4, -0.2) is 19.3 Å². The number of hydrogen-bond donors (Lipinski definition) is 1. The van der Waals surface area contributed by atoms with Crippen LogP contribution in [-0.2, 0) is 11.3 Å². The molecule has 0 unspecified atom stereocenters. The summed E-state index contributed by atoms with van der Waals surface area (Å²) in [6.45, 7) is 1.75. The highest BCUT2D eigenvalue weighted by atomic mass is 16.6. The molecule has 0 spiro atoms. The van der Waals surface area contributed by atoms with E-state index in [1.54, 1.807) is 0 Å². The van der Waals surface area contributed by atoms with E-state index >= 15 is 0 Å². The average molecular weight is 263 g/mol. The molecule has 1 aromatic rings. The number of anilines is 1. The number of rotatable bonds is 3. The van der Waals surface area contributed by atoms with E-state index in [1.807, 2.05) is 12.1 Å². The lowest BCUT2D eigenvalue weighted by Crippen LogP contribution is -2.18. The van der Waals surface area contributed by atoms with E-state index in [9.17, 15) is 0 Å². The minimum atomic E-state index is 0.390. The van der Waals surface area contributed by atoms with Gasteiger partial charge in [0.25, 0.3) is 0 Å². The number of ether oxygens (including phenoxy) is 3. The number of nitrogen functional groups attached to an aromatic ring is 1. The molecule has 2 N–H and O–H groups in total. The second-order valence-electron chi connectivity index (χ2n) is 5.27. The molecule has 1 heterocycles. The predicted molar refractivity (Wildman–Crippen MR) is 73.5 cm³/mol. The molecule has 4 nitrogen and oxygen atoms in total. The summed E-state index contributed by atoms with van der Waals surface area (Å²) in [5.41, 5.74) is 7.76. The number of fused-ring (bicyclic) bond motifs is 1. The smallest absolute Gasteiger partial charge is 0.163 e. The first-order valence-electron chi connectivity index (χ1n) is 7.12. The molecule has 0 atom stereocenters. The fourth-order valence-corrected chi connectivity index (χ4v) is 2.71. The maximum absolute atomic E-state index is 6.04. The van der Waals surface area contributed by atoms with Crippen LogP contribution in [0.25, 0.3) is 0 Å². The lowest BCUT2D eigenvalue weighted by molar-refractivity contribution is 0.0170. The van der Waals surface area contributed by atoms with Crippen LogP contribution in [0.1, 0.15) is 37.7 Å². The van der Waals surface area contributed by atoms with Crippen molar-refractivity contribution < 1.29 is 14.2 Å². The lowest BCUT2D eigenvalue weighted by Gasteiger charge is -2.23. The van der Waals surface area contributed by atoms with Gasteiger partial charge in [0, 0.05) is 17.3 Å². The highest BCUT2D eigenvalue weighted by Gasteiger charge is 2.17. The molecule has 0 bridgehead atoms. The Kier molecular flexibility index (Phi) is 3.78. The van der Waals surface area contributed by atoms with Gasteiger partial charge in [-0.15, -0.1) is 0 Å². The maximum Gasteiger partial charge on any atom is 0.163 e. The molecule has 4 heteroatoms. The van der Waals surface area contributed by atoms with E-state index in [2.05, 4.69) is 0 Å². The number of hydrogen-bond acceptors (Lipinski definition) is 4. The van der Waals surface area contributed by atoms with Gasteiger partial charge in [-0.05, 0) is 18.9 Å². The van der Waals surface area contributed by atoms with Crippen molar-refractivity contribution in [3.63, 3.8) is 0 Å². The van der Waals surface area contributed by atoms with Crippen molar-refractivity contribution in [1.29, 1.82) is 0 Å². The minimum absolute atomic E-state index is 0.390. The Bertz CT molecular complexity index is 441. The van der Waals surface area contributed by atoms with Crippen molar-refractivity contribution in [3.8, 4) is 11.5 Å². The Morgan fingerprint density at radius 1 is 1.05 bits per heavy atom. The van der Waals surface area contributed by atoms with Crippen LogP contribution in [0.5, 0.6) is 11.5 Å². The van der Waals surface area contributed by atoms with E-state index in [0.717, 1.165) is 22.7 Å². The average Bonchev–Trinajstić information content (AvgIpc) is 2.46. The third-order valence-corrected chi connectivity index (χ3v) is 3.83. The largest absolute Gasteiger partial charge is 0.486 e. The Morgan fingerprint density at radius 3 is 2.47 bits per heavy atom. The second-order valence-corrected chi connectivity index (χ2v) is 5.27. The first kappa shape index (κ1) is 12.6. The van der Waals surface area contributed by atoms with Gasteiger partial charge in [-0.3, -0.25) is 0 Å². The minimum Gasteiger partial charge on any atom is -0.486 e. The summed E-state index contributed by atoms with van der Waals surface area (Å²) in [7, 11) is 0. The van der Waals surface area contributed by atoms with Crippen LogP contribution in [0.15, 0.2) is 12.1 Å². The summed E-state index contributed by atoms with van der Waals surface area (Å²) in [5, 5.41) is 0. The van der Waals surface area contributed by atoms with Crippen molar-refractivity contribution >= 4 is 5.69 Å². The standard InChI is InChI=1S/C15H21NO3/c16-13-9-15-14(17-6-7-18-15)8-11(13)10-19-12-4-2-1-3-5-12/h8-9,12H,1-7,10,16H2. The molecule has 0 aromatic heterocycles. The highest BCUT2D eigenvalue weighted by molar-refractivity contribution is 5.58. The molecule has 19 heavy (non-hydrogen) atoms. The Hall–Kier alpha value is -1.42. The van der Waals surface area contributed by atoms with E-state index in [4.69, 9.17) is 19.9 Å². The van der Waals surface area contributed by atoms with E-state index < -0.39 is 0 Å². The fraction of sp³-hybridized carbons (Fsp3) is 0.600. The van der Waals surface area contributed by atoms with Gasteiger partial charge >= 0.3 is 0 Å². The molecular weight excluding hydrogens is 242 g/mol. The zero-order valence-electron chi connectivity index (χ0n) is 11.2. The van der Waals surface area contributed by atoms with Gasteiger partial charge in [0.15, 0.2) is 11.5 Å². The highest BCUT2D eigenvalue weighted by Crippen LogP contribution is 2.35. The third kappa shape index (κ3) is 2.95. The first-order chi connectivity index (χ1) is 9.33. The second kappa shape index (κ2) is 5.70. The molecule has 2 aliphatic rings. The van der Waals surface area contributed by atoms with E-state index in [0.29, 0.717) is 25.9 Å². The molecule has 0 saturated heterocycles. The first-order valence-corrected chi connectivity index (χ1v) is 7.12. The summed E-state index contributed by atoms with van der Waals surface area (Å²) < 4.78 is 17.0. The summed E-state index contributed by atoms with van der Waals surface area (Å²) in [5.74, 6) is 1.52. The molecule has 1 aliphatic carbocycles. The van der Waals surface area contributed by atoms with Gasteiger partial charge in [0.2, 0.25) is 0 Å². The van der Waals surface area contributed by atoms with Crippen LogP contribution in [0.3, 0.4) is 0 Å². The van der Waals surface area contributed by atoms with Gasteiger partial charge in [-0.25, -0.2) is 0 Å². The SMILES string of the molecule is Nc1cc2c(cc1COC1CCCCC1)OCCO2. The Balaban J connectivity index is 1.66. The molecule has 3 rings (SSSR count). The molecule has 1 aromatic carbocycles. The monoisotopic (exact) mass is 263 g/mol. The van der Waals surface area contributed by atoms with Crippen molar-refractivity contribution in [1.82, 2.24) is 0 Å². The predicted octanol–water partition coefficient (Wildman–Crippen LogP) is 2.89. The molecule has 0 radical (unpaired) electrons. The fourth-order valence-electron chi connectivity index (χ4n) is 2.71.